The number of amides is 1. The summed E-state index contributed by atoms with van der Waals surface area (Å²) in [5, 5.41) is 3.35. The summed E-state index contributed by atoms with van der Waals surface area (Å²) in [4.78, 5) is 32.9. The van der Waals surface area contributed by atoms with Gasteiger partial charge in [0.05, 0.1) is 31.7 Å². The van der Waals surface area contributed by atoms with Crippen molar-refractivity contribution in [1.82, 2.24) is 15.3 Å². The number of carbonyl (C=O) groups is 1. The van der Waals surface area contributed by atoms with Crippen LogP contribution in [0.1, 0.15) is 26.6 Å². The highest BCUT2D eigenvalue weighted by atomic mass is 16.5. The number of aromatic nitrogens is 2. The maximum atomic E-state index is 12.5. The Kier molecular flexibility index (Phi) is 7.18. The minimum Gasteiger partial charge on any atom is -0.493 e. The van der Waals surface area contributed by atoms with Crippen molar-refractivity contribution >= 4 is 16.8 Å². The number of rotatable bonds is 9. The Balaban J connectivity index is 2.22. The average Bonchev–Trinajstić information content (AvgIpc) is 2.64. The number of nitrogens with one attached hydrogen (secondary N) is 3. The molecule has 1 aromatic heterocycles. The summed E-state index contributed by atoms with van der Waals surface area (Å²) in [6.07, 6.45) is 0. The van der Waals surface area contributed by atoms with E-state index in [1.54, 1.807) is 12.1 Å². The fourth-order valence-electron chi connectivity index (χ4n) is 2.75. The van der Waals surface area contributed by atoms with E-state index in [-0.39, 0.29) is 11.5 Å². The molecule has 1 atom stereocenters. The smallest absolute Gasteiger partial charge is 0.275 e. The van der Waals surface area contributed by atoms with Crippen molar-refractivity contribution in [1.29, 1.82) is 0 Å². The molecule has 0 bridgehead atoms. The number of aromatic amines is 1. The first-order valence-electron chi connectivity index (χ1n) is 9.13. The van der Waals surface area contributed by atoms with Crippen LogP contribution >= 0.6 is 0 Å². The molecule has 0 fully saturated rings. The summed E-state index contributed by atoms with van der Waals surface area (Å²) < 4.78 is 10.5. The molecular formula is C19H29N4O4+. The van der Waals surface area contributed by atoms with Crippen molar-refractivity contribution in [3.8, 4) is 11.5 Å². The summed E-state index contributed by atoms with van der Waals surface area (Å²) in [5.74, 6) is 1.93. The monoisotopic (exact) mass is 377 g/mol. The molecule has 27 heavy (non-hydrogen) atoms. The Morgan fingerprint density at radius 1 is 1.26 bits per heavy atom. The molecular weight excluding hydrogens is 348 g/mol. The van der Waals surface area contributed by atoms with Gasteiger partial charge in [-0.15, -0.1) is 0 Å². The molecule has 8 heteroatoms. The molecule has 0 aliphatic heterocycles. The van der Waals surface area contributed by atoms with Gasteiger partial charge in [-0.1, -0.05) is 13.8 Å². The lowest BCUT2D eigenvalue weighted by Gasteiger charge is -2.17. The van der Waals surface area contributed by atoms with Crippen LogP contribution in [0.2, 0.25) is 0 Å². The Bertz CT molecular complexity index is 847. The maximum Gasteiger partial charge on any atom is 0.275 e. The van der Waals surface area contributed by atoms with Gasteiger partial charge >= 0.3 is 0 Å². The Labute approximate surface area is 158 Å². The molecule has 1 heterocycles. The van der Waals surface area contributed by atoms with Gasteiger partial charge in [0.2, 0.25) is 0 Å². The molecule has 0 radical (unpaired) electrons. The van der Waals surface area contributed by atoms with Crippen LogP contribution < -0.4 is 25.2 Å². The number of quaternary nitrogens is 1. The summed E-state index contributed by atoms with van der Waals surface area (Å²) >= 11 is 0. The molecule has 0 spiro atoms. The van der Waals surface area contributed by atoms with Gasteiger partial charge in [-0.05, 0) is 18.9 Å². The SMILES string of the molecule is CC[NH+](CC(=O)NCC(C)C)Cc1nc2cc(OC)c(OC)cc2c(=O)[nH]1. The molecule has 2 aromatic rings. The third-order valence-corrected chi connectivity index (χ3v) is 4.30. The highest BCUT2D eigenvalue weighted by molar-refractivity contribution is 5.81. The zero-order valence-corrected chi connectivity index (χ0v) is 16.6. The first kappa shape index (κ1) is 20.7. The molecule has 1 amide bonds. The van der Waals surface area contributed by atoms with Crippen LogP contribution in [0, 0.1) is 5.92 Å². The molecule has 1 aromatic carbocycles. The standard InChI is InChI=1S/C19H28N4O4/c1-6-23(11-18(24)20-9-12(2)3)10-17-21-14-8-16(27-5)15(26-4)7-13(14)19(25)22-17/h7-8,12H,6,9-11H2,1-5H3,(H,20,24)(H,21,22,25)/p+1. The fraction of sp³-hybridized carbons (Fsp3) is 0.526. The summed E-state index contributed by atoms with van der Waals surface area (Å²) in [6.45, 7) is 8.28. The highest BCUT2D eigenvalue weighted by Gasteiger charge is 2.16. The number of hydrogen-bond acceptors (Lipinski definition) is 5. The second-order valence-electron chi connectivity index (χ2n) is 6.89. The van der Waals surface area contributed by atoms with E-state index in [9.17, 15) is 9.59 Å². The summed E-state index contributed by atoms with van der Waals surface area (Å²) in [7, 11) is 3.06. The fourth-order valence-corrected chi connectivity index (χ4v) is 2.75. The Hall–Kier alpha value is -2.61. The first-order chi connectivity index (χ1) is 12.9. The second kappa shape index (κ2) is 9.36. The van der Waals surface area contributed by atoms with E-state index in [1.807, 2.05) is 6.92 Å². The van der Waals surface area contributed by atoms with Crippen LogP contribution in [0.15, 0.2) is 16.9 Å². The van der Waals surface area contributed by atoms with Crippen LogP contribution in [0.5, 0.6) is 11.5 Å². The largest absolute Gasteiger partial charge is 0.493 e. The lowest BCUT2D eigenvalue weighted by Crippen LogP contribution is -3.11. The zero-order chi connectivity index (χ0) is 20.0. The van der Waals surface area contributed by atoms with Gasteiger partial charge in [-0.2, -0.15) is 0 Å². The predicted octanol–water partition coefficient (Wildman–Crippen LogP) is 0.117. The van der Waals surface area contributed by atoms with Crippen LogP contribution in [0.25, 0.3) is 10.9 Å². The normalized spacial score (nSPS) is 12.2. The number of ether oxygens (including phenoxy) is 2. The van der Waals surface area contributed by atoms with Crippen molar-refractivity contribution < 1.29 is 19.2 Å². The lowest BCUT2D eigenvalue weighted by molar-refractivity contribution is -0.904. The average molecular weight is 377 g/mol. The van der Waals surface area contributed by atoms with Gasteiger partial charge in [0.25, 0.3) is 11.5 Å². The molecule has 0 aliphatic carbocycles. The van der Waals surface area contributed by atoms with Crippen molar-refractivity contribution in [3.05, 3.63) is 28.3 Å². The maximum absolute atomic E-state index is 12.5. The number of nitrogens with zero attached hydrogens (tertiary/aromatic N) is 1. The summed E-state index contributed by atoms with van der Waals surface area (Å²) in [6, 6.07) is 3.31. The van der Waals surface area contributed by atoms with E-state index in [2.05, 4.69) is 29.1 Å². The van der Waals surface area contributed by atoms with Crippen LogP contribution in [0.4, 0.5) is 0 Å². The van der Waals surface area contributed by atoms with E-state index in [0.29, 0.717) is 53.8 Å². The van der Waals surface area contributed by atoms with Crippen molar-refractivity contribution in [2.75, 3.05) is 33.9 Å². The van der Waals surface area contributed by atoms with Gasteiger partial charge < -0.3 is 24.7 Å². The number of fused-ring (bicyclic) bond motifs is 1. The van der Waals surface area contributed by atoms with Gasteiger partial charge in [0, 0.05) is 12.6 Å². The van der Waals surface area contributed by atoms with Crippen LogP contribution in [-0.4, -0.2) is 49.7 Å². The van der Waals surface area contributed by atoms with Gasteiger partial charge in [0.1, 0.15) is 6.54 Å². The summed E-state index contributed by atoms with van der Waals surface area (Å²) in [5.41, 5.74) is 0.293. The van der Waals surface area contributed by atoms with E-state index in [0.717, 1.165) is 11.4 Å². The molecule has 2 rings (SSSR count). The van der Waals surface area contributed by atoms with E-state index >= 15 is 0 Å². The quantitative estimate of drug-likeness (QED) is 0.577. The topological polar surface area (TPSA) is 97.8 Å². The van der Waals surface area contributed by atoms with Crippen LogP contribution in [0.3, 0.4) is 0 Å². The minimum atomic E-state index is -0.240. The predicted molar refractivity (Wildman–Crippen MR) is 103 cm³/mol. The van der Waals surface area contributed by atoms with Gasteiger partial charge in [-0.25, -0.2) is 4.98 Å². The van der Waals surface area contributed by atoms with E-state index < -0.39 is 0 Å². The zero-order valence-electron chi connectivity index (χ0n) is 16.6. The number of carbonyl (C=O) groups excluding carboxylic acids is 1. The highest BCUT2D eigenvalue weighted by Crippen LogP contribution is 2.29. The molecule has 1 unspecified atom stereocenters. The third kappa shape index (κ3) is 5.43. The number of methoxy groups -OCH3 is 2. The van der Waals surface area contributed by atoms with E-state index in [4.69, 9.17) is 9.47 Å². The molecule has 148 valence electrons. The Morgan fingerprint density at radius 3 is 2.52 bits per heavy atom. The van der Waals surface area contributed by atoms with Crippen molar-refractivity contribution in [3.63, 3.8) is 0 Å². The second-order valence-corrected chi connectivity index (χ2v) is 6.89. The van der Waals surface area contributed by atoms with Crippen LogP contribution in [-0.2, 0) is 11.3 Å². The molecule has 0 saturated heterocycles. The first-order valence-corrected chi connectivity index (χ1v) is 9.13. The number of likely N-dealkylation sites (N-methyl/N-ethyl adjacent to an activating group) is 1. The molecule has 3 N–H and O–H groups in total. The number of H-pyrrole nitrogens is 1. The number of hydrogen-bond donors (Lipinski definition) is 3. The minimum absolute atomic E-state index is 0.00454. The van der Waals surface area contributed by atoms with Gasteiger partial charge in [0.15, 0.2) is 23.9 Å². The third-order valence-electron chi connectivity index (χ3n) is 4.30. The van der Waals surface area contributed by atoms with Gasteiger partial charge in [-0.3, -0.25) is 9.59 Å². The molecule has 8 nitrogen and oxygen atoms in total. The molecule has 0 aliphatic rings. The molecule has 0 saturated carbocycles. The lowest BCUT2D eigenvalue weighted by atomic mass is 10.2. The van der Waals surface area contributed by atoms with Crippen molar-refractivity contribution in [2.24, 2.45) is 5.92 Å². The Morgan fingerprint density at radius 2 is 1.93 bits per heavy atom. The number of benzene rings is 1. The van der Waals surface area contributed by atoms with E-state index in [1.165, 1.54) is 14.2 Å². The van der Waals surface area contributed by atoms with Crippen molar-refractivity contribution in [2.45, 2.75) is 27.3 Å².